The molecule has 0 spiro atoms. The Labute approximate surface area is 195 Å². The zero-order valence-corrected chi connectivity index (χ0v) is 20.8. The van der Waals surface area contributed by atoms with Crippen molar-refractivity contribution in [2.45, 2.75) is 58.5 Å². The Bertz CT molecular complexity index is 1100. The summed E-state index contributed by atoms with van der Waals surface area (Å²) in [5.41, 5.74) is 1.08. The summed E-state index contributed by atoms with van der Waals surface area (Å²) in [6, 6.07) is 2.45. The zero-order valence-electron chi connectivity index (χ0n) is 20.0. The Hall–Kier alpha value is -2.66. The minimum Gasteiger partial charge on any atom is -0.459 e. The lowest BCUT2D eigenvalue weighted by Gasteiger charge is -2.36. The highest BCUT2D eigenvalue weighted by Gasteiger charge is 2.36. The summed E-state index contributed by atoms with van der Waals surface area (Å²) in [6.07, 6.45) is 1.40. The monoisotopic (exact) mass is 479 g/mol. The van der Waals surface area contributed by atoms with Gasteiger partial charge in [-0.2, -0.15) is 9.40 Å². The third-order valence-electron chi connectivity index (χ3n) is 5.86. The van der Waals surface area contributed by atoms with Gasteiger partial charge < -0.3 is 14.6 Å². The molecule has 1 aliphatic heterocycles. The van der Waals surface area contributed by atoms with Gasteiger partial charge in [-0.25, -0.2) is 8.42 Å². The Morgan fingerprint density at radius 2 is 1.73 bits per heavy atom. The highest BCUT2D eigenvalue weighted by Crippen LogP contribution is 2.26. The average Bonchev–Trinajstić information content (AvgIpc) is 3.39. The van der Waals surface area contributed by atoms with Crippen LogP contribution in [0, 0.1) is 19.8 Å². The number of sulfonamides is 1. The number of carbonyl (C=O) groups is 2. The van der Waals surface area contributed by atoms with Crippen LogP contribution in [0.5, 0.6) is 0 Å². The maximum atomic E-state index is 13.4. The molecule has 0 bridgehead atoms. The minimum atomic E-state index is -3.74. The number of nitrogens with one attached hydrogen (secondary N) is 1. The first-order valence-corrected chi connectivity index (χ1v) is 12.6. The lowest BCUT2D eigenvalue weighted by molar-refractivity contribution is -0.135. The maximum absolute atomic E-state index is 13.4. The first-order chi connectivity index (χ1) is 15.4. The van der Waals surface area contributed by atoms with E-state index in [9.17, 15) is 18.0 Å². The molecule has 182 valence electrons. The molecule has 2 aromatic heterocycles. The molecule has 0 radical (unpaired) electrons. The van der Waals surface area contributed by atoms with Crippen LogP contribution in [0.25, 0.3) is 0 Å². The molecule has 3 heterocycles. The Morgan fingerprint density at radius 1 is 1.09 bits per heavy atom. The number of amides is 2. The second kappa shape index (κ2) is 9.68. The van der Waals surface area contributed by atoms with E-state index in [1.165, 1.54) is 16.6 Å². The minimum absolute atomic E-state index is 0.0477. The normalized spacial score (nSPS) is 16.4. The number of aromatic nitrogens is 2. The van der Waals surface area contributed by atoms with Crippen molar-refractivity contribution in [1.82, 2.24) is 24.3 Å². The molecule has 1 saturated heterocycles. The number of nitrogens with zero attached hydrogens (tertiary/aromatic N) is 4. The number of furan rings is 1. The van der Waals surface area contributed by atoms with Gasteiger partial charge in [-0.3, -0.25) is 14.3 Å². The van der Waals surface area contributed by atoms with Gasteiger partial charge in [0.2, 0.25) is 15.9 Å². The van der Waals surface area contributed by atoms with Crippen molar-refractivity contribution < 1.29 is 22.4 Å². The number of rotatable bonds is 7. The van der Waals surface area contributed by atoms with Crippen LogP contribution in [0.4, 0.5) is 0 Å². The van der Waals surface area contributed by atoms with E-state index in [-0.39, 0.29) is 54.7 Å². The summed E-state index contributed by atoms with van der Waals surface area (Å²) in [6.45, 7) is 11.9. The highest BCUT2D eigenvalue weighted by atomic mass is 32.2. The van der Waals surface area contributed by atoms with Crippen LogP contribution in [0.3, 0.4) is 0 Å². The quantitative estimate of drug-likeness (QED) is 0.649. The lowest BCUT2D eigenvalue weighted by atomic mass is 10.0. The van der Waals surface area contributed by atoms with Gasteiger partial charge in [0.05, 0.1) is 17.7 Å². The van der Waals surface area contributed by atoms with E-state index in [2.05, 4.69) is 10.4 Å². The molecule has 33 heavy (non-hydrogen) atoms. The van der Waals surface area contributed by atoms with Crippen LogP contribution in [0.2, 0.25) is 0 Å². The molecule has 1 unspecified atom stereocenters. The van der Waals surface area contributed by atoms with Crippen molar-refractivity contribution in [3.05, 3.63) is 35.5 Å². The smallest absolute Gasteiger partial charge is 0.287 e. The van der Waals surface area contributed by atoms with E-state index in [0.29, 0.717) is 11.4 Å². The van der Waals surface area contributed by atoms with Crippen LogP contribution >= 0.6 is 0 Å². The number of aryl methyl sites for hydroxylation is 1. The van der Waals surface area contributed by atoms with Crippen molar-refractivity contribution in [1.29, 1.82) is 0 Å². The van der Waals surface area contributed by atoms with Crippen molar-refractivity contribution in [2.24, 2.45) is 5.92 Å². The second-order valence-corrected chi connectivity index (χ2v) is 10.8. The molecular formula is C22H33N5O5S. The summed E-state index contributed by atoms with van der Waals surface area (Å²) < 4.78 is 35.0. The van der Waals surface area contributed by atoms with E-state index in [4.69, 9.17) is 4.42 Å². The zero-order chi connectivity index (χ0) is 24.5. The summed E-state index contributed by atoms with van der Waals surface area (Å²) in [4.78, 5) is 27.4. The SMILES string of the molecule is Cc1nn(C(C)C)c(C)c1S(=O)(=O)N1CCN(C(=O)C(NC(=O)c2ccco2)C(C)C)CC1. The largest absolute Gasteiger partial charge is 0.459 e. The third-order valence-corrected chi connectivity index (χ3v) is 8.01. The van der Waals surface area contributed by atoms with E-state index < -0.39 is 22.0 Å². The van der Waals surface area contributed by atoms with Crippen molar-refractivity contribution in [3.63, 3.8) is 0 Å². The number of piperazine rings is 1. The third kappa shape index (κ3) is 4.98. The Balaban J connectivity index is 1.70. The fraction of sp³-hybridized carbons (Fsp3) is 0.591. The topological polar surface area (TPSA) is 118 Å². The number of carbonyl (C=O) groups excluding carboxylic acids is 2. The fourth-order valence-electron chi connectivity index (χ4n) is 4.13. The summed E-state index contributed by atoms with van der Waals surface area (Å²) in [5, 5.41) is 7.15. The fourth-order valence-corrected chi connectivity index (χ4v) is 5.92. The van der Waals surface area contributed by atoms with Crippen LogP contribution in [-0.2, 0) is 14.8 Å². The van der Waals surface area contributed by atoms with Gasteiger partial charge in [-0.1, -0.05) is 13.8 Å². The number of hydrogen-bond acceptors (Lipinski definition) is 6. The van der Waals surface area contributed by atoms with Gasteiger partial charge in [-0.15, -0.1) is 0 Å². The molecule has 0 aliphatic carbocycles. The van der Waals surface area contributed by atoms with Gasteiger partial charge in [0, 0.05) is 32.2 Å². The molecular weight excluding hydrogens is 446 g/mol. The van der Waals surface area contributed by atoms with Gasteiger partial charge in [0.25, 0.3) is 5.91 Å². The summed E-state index contributed by atoms with van der Waals surface area (Å²) in [5.74, 6) is -0.703. The van der Waals surface area contributed by atoms with Gasteiger partial charge in [0.15, 0.2) is 5.76 Å². The molecule has 1 N–H and O–H groups in total. The van der Waals surface area contributed by atoms with Crippen LogP contribution in [0.1, 0.15) is 55.7 Å². The molecule has 1 atom stereocenters. The van der Waals surface area contributed by atoms with Crippen molar-refractivity contribution in [2.75, 3.05) is 26.2 Å². The van der Waals surface area contributed by atoms with Crippen LogP contribution < -0.4 is 5.32 Å². The summed E-state index contributed by atoms with van der Waals surface area (Å²) in [7, 11) is -3.74. The van der Waals surface area contributed by atoms with Crippen molar-refractivity contribution in [3.8, 4) is 0 Å². The Kier molecular flexibility index (Phi) is 7.32. The molecule has 10 nitrogen and oxygen atoms in total. The summed E-state index contributed by atoms with van der Waals surface area (Å²) >= 11 is 0. The van der Waals surface area contributed by atoms with E-state index >= 15 is 0 Å². The maximum Gasteiger partial charge on any atom is 0.287 e. The van der Waals surface area contributed by atoms with E-state index in [0.717, 1.165) is 0 Å². The first kappa shape index (κ1) is 25.0. The molecule has 2 amide bonds. The molecule has 11 heteroatoms. The van der Waals surface area contributed by atoms with Crippen molar-refractivity contribution >= 4 is 21.8 Å². The molecule has 2 aromatic rings. The molecule has 1 fully saturated rings. The Morgan fingerprint density at radius 3 is 2.21 bits per heavy atom. The standard InChI is InChI=1S/C22H33N5O5S/c1-14(2)19(23-21(28)18-8-7-13-32-18)22(29)25-9-11-26(12-10-25)33(30,31)20-16(5)24-27(15(3)4)17(20)6/h7-8,13-15,19H,9-12H2,1-6H3,(H,23,28). The molecule has 0 aromatic carbocycles. The van der Waals surface area contributed by atoms with Crippen LogP contribution in [0.15, 0.2) is 27.7 Å². The van der Waals surface area contributed by atoms with Gasteiger partial charge in [-0.05, 0) is 45.7 Å². The highest BCUT2D eigenvalue weighted by molar-refractivity contribution is 7.89. The van der Waals surface area contributed by atoms with E-state index in [1.54, 1.807) is 29.5 Å². The van der Waals surface area contributed by atoms with Gasteiger partial charge in [0.1, 0.15) is 10.9 Å². The second-order valence-electron chi connectivity index (χ2n) is 8.94. The predicted molar refractivity (Wildman–Crippen MR) is 122 cm³/mol. The van der Waals surface area contributed by atoms with Gasteiger partial charge >= 0.3 is 0 Å². The molecule has 0 saturated carbocycles. The average molecular weight is 480 g/mol. The molecule has 1 aliphatic rings. The molecule has 3 rings (SSSR count). The van der Waals surface area contributed by atoms with E-state index in [1.807, 2.05) is 27.7 Å². The number of hydrogen-bond donors (Lipinski definition) is 1. The van der Waals surface area contributed by atoms with Crippen LogP contribution in [-0.4, -0.2) is 71.4 Å². The first-order valence-electron chi connectivity index (χ1n) is 11.1. The predicted octanol–water partition coefficient (Wildman–Crippen LogP) is 1.96. The lowest BCUT2D eigenvalue weighted by Crippen LogP contribution is -2.57.